The highest BCUT2D eigenvalue weighted by atomic mass is 16.3. The predicted molar refractivity (Wildman–Crippen MR) is 174 cm³/mol. The lowest BCUT2D eigenvalue weighted by Gasteiger charge is -2.16. The first-order chi connectivity index (χ1) is 20.9. The topological polar surface area (TPSA) is 30.4 Å². The summed E-state index contributed by atoms with van der Waals surface area (Å²) in [6.07, 6.45) is 2.02. The fourth-order valence-corrected chi connectivity index (χ4v) is 6.64. The summed E-state index contributed by atoms with van der Waals surface area (Å²) in [5.74, 6) is 0. The molecule has 0 amide bonds. The molecule has 0 N–H and O–H groups in total. The molecular formula is C39H24N2O. The highest BCUT2D eigenvalue weighted by Gasteiger charge is 2.20. The first kappa shape index (κ1) is 23.1. The molecule has 3 nitrogen and oxygen atoms in total. The smallest absolute Gasteiger partial charge is 0.145 e. The molecule has 3 aromatic heterocycles. The second kappa shape index (κ2) is 8.92. The van der Waals surface area contributed by atoms with Crippen molar-refractivity contribution in [2.45, 2.75) is 0 Å². The molecule has 3 heterocycles. The van der Waals surface area contributed by atoms with Gasteiger partial charge in [0.25, 0.3) is 0 Å². The summed E-state index contributed by atoms with van der Waals surface area (Å²) in [4.78, 5) is 5.00. The molecule has 0 aliphatic carbocycles. The lowest BCUT2D eigenvalue weighted by atomic mass is 9.90. The number of nitrogens with zero attached hydrogens (tertiary/aromatic N) is 2. The molecule has 9 aromatic rings. The van der Waals surface area contributed by atoms with Crippen molar-refractivity contribution in [3.05, 3.63) is 146 Å². The molecule has 196 valence electrons. The first-order valence-corrected chi connectivity index (χ1v) is 14.2. The predicted octanol–water partition coefficient (Wildman–Crippen LogP) is 10.5. The number of benzene rings is 6. The van der Waals surface area contributed by atoms with E-state index in [9.17, 15) is 0 Å². The van der Waals surface area contributed by atoms with Crippen LogP contribution in [0.1, 0.15) is 0 Å². The summed E-state index contributed by atoms with van der Waals surface area (Å²) in [7, 11) is 0. The van der Waals surface area contributed by atoms with E-state index in [-0.39, 0.29) is 0 Å². The maximum Gasteiger partial charge on any atom is 0.145 e. The standard InChI is InChI=1S/C39H24N2O/c1-2-14-27(32-20-11-21-33-31-18-8-10-23-37(31)42-38(32)33)25(12-1)26-13-3-5-17-30(26)36-24-40-39-34-19-6-4-15-28(34)29-16-7-9-22-35(29)41(36)39/h1-24H. The van der Waals surface area contributed by atoms with Crippen LogP contribution in [0, 0.1) is 0 Å². The fraction of sp³-hybridized carbons (Fsp3) is 0. The van der Waals surface area contributed by atoms with Crippen LogP contribution in [0.25, 0.3) is 82.8 Å². The molecule has 6 aromatic carbocycles. The number of fused-ring (bicyclic) bond motifs is 9. The van der Waals surface area contributed by atoms with E-state index in [0.29, 0.717) is 0 Å². The van der Waals surface area contributed by atoms with Crippen LogP contribution in [-0.4, -0.2) is 9.38 Å². The highest BCUT2D eigenvalue weighted by molar-refractivity contribution is 6.13. The summed E-state index contributed by atoms with van der Waals surface area (Å²) < 4.78 is 8.78. The normalized spacial score (nSPS) is 11.8. The van der Waals surface area contributed by atoms with Gasteiger partial charge in [-0.2, -0.15) is 0 Å². The number of pyridine rings is 1. The zero-order chi connectivity index (χ0) is 27.6. The van der Waals surface area contributed by atoms with Gasteiger partial charge in [-0.25, -0.2) is 4.98 Å². The van der Waals surface area contributed by atoms with Crippen LogP contribution in [-0.2, 0) is 0 Å². The van der Waals surface area contributed by atoms with E-state index in [1.807, 2.05) is 18.3 Å². The molecule has 3 heteroatoms. The van der Waals surface area contributed by atoms with Crippen LogP contribution in [0.4, 0.5) is 0 Å². The molecule has 0 radical (unpaired) electrons. The zero-order valence-electron chi connectivity index (χ0n) is 22.7. The van der Waals surface area contributed by atoms with Gasteiger partial charge in [-0.3, -0.25) is 4.40 Å². The third kappa shape index (κ3) is 3.25. The number of hydrogen-bond donors (Lipinski definition) is 0. The Morgan fingerprint density at radius 1 is 0.429 bits per heavy atom. The van der Waals surface area contributed by atoms with E-state index in [1.165, 1.54) is 10.8 Å². The van der Waals surface area contributed by atoms with Gasteiger partial charge in [-0.15, -0.1) is 0 Å². The van der Waals surface area contributed by atoms with Crippen LogP contribution < -0.4 is 0 Å². The molecule has 0 aliphatic rings. The molecular weight excluding hydrogens is 512 g/mol. The SMILES string of the molecule is c1ccc(-c2cccc3c2oc2ccccc23)c(-c2ccccc2-c2cnc3c4ccccc4c4ccccc4n23)c1. The third-order valence-electron chi connectivity index (χ3n) is 8.48. The van der Waals surface area contributed by atoms with E-state index < -0.39 is 0 Å². The number of aromatic nitrogens is 2. The van der Waals surface area contributed by atoms with Crippen LogP contribution in [0.2, 0.25) is 0 Å². The van der Waals surface area contributed by atoms with Crippen molar-refractivity contribution in [1.82, 2.24) is 9.38 Å². The van der Waals surface area contributed by atoms with Crippen molar-refractivity contribution in [2.75, 3.05) is 0 Å². The van der Waals surface area contributed by atoms with E-state index in [1.54, 1.807) is 0 Å². The maximum absolute atomic E-state index is 6.46. The minimum atomic E-state index is 0.905. The van der Waals surface area contributed by atoms with Gasteiger partial charge in [0.15, 0.2) is 0 Å². The monoisotopic (exact) mass is 536 g/mol. The van der Waals surface area contributed by atoms with Gasteiger partial charge < -0.3 is 4.42 Å². The third-order valence-corrected chi connectivity index (χ3v) is 8.48. The van der Waals surface area contributed by atoms with E-state index >= 15 is 0 Å². The van der Waals surface area contributed by atoms with Gasteiger partial charge in [-0.05, 0) is 34.2 Å². The van der Waals surface area contributed by atoms with Gasteiger partial charge in [0.2, 0.25) is 0 Å². The van der Waals surface area contributed by atoms with Crippen molar-refractivity contribution < 1.29 is 4.42 Å². The zero-order valence-corrected chi connectivity index (χ0v) is 22.7. The lowest BCUT2D eigenvalue weighted by molar-refractivity contribution is 0.670. The van der Waals surface area contributed by atoms with Crippen molar-refractivity contribution in [3.63, 3.8) is 0 Å². The number of furan rings is 1. The molecule has 42 heavy (non-hydrogen) atoms. The largest absolute Gasteiger partial charge is 0.455 e. The Kier molecular flexibility index (Phi) is 4.90. The van der Waals surface area contributed by atoms with Crippen LogP contribution in [0.5, 0.6) is 0 Å². The summed E-state index contributed by atoms with van der Waals surface area (Å²) in [6, 6.07) is 49.2. The molecule has 0 fully saturated rings. The number of hydrogen-bond acceptors (Lipinski definition) is 2. The Hall–Kier alpha value is -5.67. The van der Waals surface area contributed by atoms with Crippen LogP contribution >= 0.6 is 0 Å². The maximum atomic E-state index is 6.46. The Morgan fingerprint density at radius 3 is 1.79 bits per heavy atom. The minimum Gasteiger partial charge on any atom is -0.455 e. The second-order valence-electron chi connectivity index (χ2n) is 10.7. The molecule has 0 atom stereocenters. The second-order valence-corrected chi connectivity index (χ2v) is 10.7. The van der Waals surface area contributed by atoms with E-state index in [4.69, 9.17) is 9.40 Å². The average molecular weight is 537 g/mol. The number of imidazole rings is 1. The lowest BCUT2D eigenvalue weighted by Crippen LogP contribution is -1.95. The van der Waals surface area contributed by atoms with E-state index in [2.05, 4.69) is 132 Å². The summed E-state index contributed by atoms with van der Waals surface area (Å²) in [5, 5.41) is 5.85. The van der Waals surface area contributed by atoms with Crippen LogP contribution in [0.3, 0.4) is 0 Å². The summed E-state index contributed by atoms with van der Waals surface area (Å²) >= 11 is 0. The van der Waals surface area contributed by atoms with Crippen molar-refractivity contribution in [2.24, 2.45) is 0 Å². The molecule has 0 saturated heterocycles. The molecule has 9 rings (SSSR count). The number of rotatable bonds is 3. The molecule has 0 spiro atoms. The Bertz CT molecular complexity index is 2480. The van der Waals surface area contributed by atoms with Gasteiger partial charge in [-0.1, -0.05) is 127 Å². The molecule has 0 unspecified atom stereocenters. The van der Waals surface area contributed by atoms with Gasteiger partial charge in [0.05, 0.1) is 17.4 Å². The Balaban J connectivity index is 1.33. The fourth-order valence-electron chi connectivity index (χ4n) is 6.64. The highest BCUT2D eigenvalue weighted by Crippen LogP contribution is 2.43. The molecule has 0 saturated carbocycles. The van der Waals surface area contributed by atoms with Crippen molar-refractivity contribution in [3.8, 4) is 33.5 Å². The van der Waals surface area contributed by atoms with Crippen LogP contribution in [0.15, 0.2) is 150 Å². The van der Waals surface area contributed by atoms with Gasteiger partial charge in [0, 0.05) is 32.7 Å². The Morgan fingerprint density at radius 2 is 0.976 bits per heavy atom. The van der Waals surface area contributed by atoms with E-state index in [0.717, 1.165) is 72.0 Å². The quantitative estimate of drug-likeness (QED) is 0.210. The van der Waals surface area contributed by atoms with Gasteiger partial charge >= 0.3 is 0 Å². The Labute approximate surface area is 241 Å². The molecule has 0 bridgehead atoms. The van der Waals surface area contributed by atoms with Crippen molar-refractivity contribution >= 4 is 49.3 Å². The van der Waals surface area contributed by atoms with Crippen molar-refractivity contribution in [1.29, 1.82) is 0 Å². The minimum absolute atomic E-state index is 0.905. The average Bonchev–Trinajstić information content (AvgIpc) is 3.68. The number of para-hydroxylation sites is 3. The van der Waals surface area contributed by atoms with Gasteiger partial charge in [0.1, 0.15) is 16.8 Å². The first-order valence-electron chi connectivity index (χ1n) is 14.2. The molecule has 0 aliphatic heterocycles. The summed E-state index contributed by atoms with van der Waals surface area (Å²) in [5.41, 5.74) is 10.7. The summed E-state index contributed by atoms with van der Waals surface area (Å²) in [6.45, 7) is 0.